The number of aromatic nitrogens is 1. The van der Waals surface area contributed by atoms with Crippen LogP contribution in [0.25, 0.3) is 0 Å². The van der Waals surface area contributed by atoms with Crippen LogP contribution < -0.4 is 5.73 Å². The highest BCUT2D eigenvalue weighted by molar-refractivity contribution is 5.43. The maximum atomic E-state index is 10.5. The van der Waals surface area contributed by atoms with Gasteiger partial charge in [-0.05, 0) is 31.2 Å². The molecule has 0 radical (unpaired) electrons. The molecule has 2 rings (SSSR count). The Hall–Kier alpha value is -1.09. The normalized spacial score (nSPS) is 20.4. The van der Waals surface area contributed by atoms with E-state index in [0.29, 0.717) is 18.2 Å². The van der Waals surface area contributed by atoms with E-state index in [-0.39, 0.29) is 0 Å². The summed E-state index contributed by atoms with van der Waals surface area (Å²) in [4.78, 5) is 4.02. The van der Waals surface area contributed by atoms with E-state index in [9.17, 15) is 5.11 Å². The minimum absolute atomic E-state index is 0.374. The lowest BCUT2D eigenvalue weighted by molar-refractivity contribution is 0.00939. The fourth-order valence-corrected chi connectivity index (χ4v) is 2.04. The second-order valence-electron chi connectivity index (χ2n) is 3.99. The molecule has 0 aliphatic heterocycles. The van der Waals surface area contributed by atoms with Gasteiger partial charge in [0.15, 0.2) is 0 Å². The third-order valence-corrected chi connectivity index (χ3v) is 3.10. The molecule has 3 N–H and O–H groups in total. The standard InChI is InChI=1S/C11H16N2O/c1-2-11(14,8-5-6-8)9-4-3-7-13-10(9)12/h3-4,7-8,14H,2,5-6H2,1H3,(H2,12,13). The number of pyridine rings is 1. The summed E-state index contributed by atoms with van der Waals surface area (Å²) in [5.41, 5.74) is 5.82. The fourth-order valence-electron chi connectivity index (χ4n) is 2.04. The Labute approximate surface area is 84.0 Å². The van der Waals surface area contributed by atoms with Gasteiger partial charge in [0.2, 0.25) is 0 Å². The molecule has 1 aromatic rings. The molecule has 0 saturated heterocycles. The molecule has 0 bridgehead atoms. The van der Waals surface area contributed by atoms with Gasteiger partial charge < -0.3 is 10.8 Å². The van der Waals surface area contributed by atoms with Gasteiger partial charge in [-0.2, -0.15) is 0 Å². The molecular weight excluding hydrogens is 176 g/mol. The molecule has 3 nitrogen and oxygen atoms in total. The Morgan fingerprint density at radius 1 is 1.64 bits per heavy atom. The van der Waals surface area contributed by atoms with Crippen molar-refractivity contribution >= 4 is 5.82 Å². The predicted molar refractivity (Wildman–Crippen MR) is 55.6 cm³/mol. The van der Waals surface area contributed by atoms with Gasteiger partial charge in [-0.3, -0.25) is 0 Å². The van der Waals surface area contributed by atoms with Gasteiger partial charge in [-0.15, -0.1) is 0 Å². The van der Waals surface area contributed by atoms with Crippen molar-refractivity contribution in [3.05, 3.63) is 23.9 Å². The van der Waals surface area contributed by atoms with Crippen molar-refractivity contribution in [2.75, 3.05) is 5.73 Å². The second-order valence-corrected chi connectivity index (χ2v) is 3.99. The number of hydrogen-bond donors (Lipinski definition) is 2. The van der Waals surface area contributed by atoms with Gasteiger partial charge in [0.05, 0.1) is 5.60 Å². The number of rotatable bonds is 3. The molecule has 0 amide bonds. The van der Waals surface area contributed by atoms with E-state index >= 15 is 0 Å². The molecular formula is C11H16N2O. The first-order valence-corrected chi connectivity index (χ1v) is 5.12. The predicted octanol–water partition coefficient (Wildman–Crippen LogP) is 1.67. The highest BCUT2D eigenvalue weighted by atomic mass is 16.3. The monoisotopic (exact) mass is 192 g/mol. The van der Waals surface area contributed by atoms with Crippen molar-refractivity contribution < 1.29 is 5.11 Å². The Bertz CT molecular complexity index is 336. The number of nitrogen functional groups attached to an aromatic ring is 1. The van der Waals surface area contributed by atoms with Crippen molar-refractivity contribution in [2.24, 2.45) is 5.92 Å². The molecule has 1 unspecified atom stereocenters. The first-order chi connectivity index (χ1) is 6.68. The first kappa shape index (κ1) is 9.46. The van der Waals surface area contributed by atoms with E-state index in [0.717, 1.165) is 18.4 Å². The van der Waals surface area contributed by atoms with Crippen LogP contribution in [0.3, 0.4) is 0 Å². The summed E-state index contributed by atoms with van der Waals surface area (Å²) in [6.07, 6.45) is 4.55. The zero-order valence-corrected chi connectivity index (χ0v) is 8.40. The highest BCUT2D eigenvalue weighted by Crippen LogP contribution is 2.48. The number of anilines is 1. The van der Waals surface area contributed by atoms with Gasteiger partial charge in [0.25, 0.3) is 0 Å². The van der Waals surface area contributed by atoms with Crippen LogP contribution in [0.15, 0.2) is 18.3 Å². The zero-order chi connectivity index (χ0) is 10.2. The molecule has 0 aromatic carbocycles. The van der Waals surface area contributed by atoms with E-state index in [2.05, 4.69) is 4.98 Å². The largest absolute Gasteiger partial charge is 0.385 e. The average Bonchev–Trinajstić information content (AvgIpc) is 3.01. The molecule has 3 heteroatoms. The lowest BCUT2D eigenvalue weighted by atomic mass is 9.87. The average molecular weight is 192 g/mol. The molecule has 1 aliphatic rings. The summed E-state index contributed by atoms with van der Waals surface area (Å²) < 4.78 is 0. The molecule has 1 saturated carbocycles. The van der Waals surface area contributed by atoms with Gasteiger partial charge in [0, 0.05) is 11.8 Å². The summed E-state index contributed by atoms with van der Waals surface area (Å²) >= 11 is 0. The summed E-state index contributed by atoms with van der Waals surface area (Å²) in [5.74, 6) is 0.836. The second kappa shape index (κ2) is 3.24. The molecule has 1 aromatic heterocycles. The summed E-state index contributed by atoms with van der Waals surface area (Å²) in [5, 5.41) is 10.5. The van der Waals surface area contributed by atoms with Crippen molar-refractivity contribution in [1.29, 1.82) is 0 Å². The fraction of sp³-hybridized carbons (Fsp3) is 0.545. The Morgan fingerprint density at radius 2 is 2.36 bits per heavy atom. The third kappa shape index (κ3) is 1.38. The van der Waals surface area contributed by atoms with Gasteiger partial charge in [-0.1, -0.05) is 13.0 Å². The molecule has 1 heterocycles. The van der Waals surface area contributed by atoms with Crippen molar-refractivity contribution in [1.82, 2.24) is 4.98 Å². The molecule has 1 atom stereocenters. The summed E-state index contributed by atoms with van der Waals surface area (Å²) in [7, 11) is 0. The Balaban J connectivity index is 2.40. The minimum atomic E-state index is -0.752. The third-order valence-electron chi connectivity index (χ3n) is 3.10. The molecule has 0 spiro atoms. The van der Waals surface area contributed by atoms with Crippen LogP contribution in [0, 0.1) is 5.92 Å². The number of nitrogens with two attached hydrogens (primary N) is 1. The number of aliphatic hydroxyl groups is 1. The van der Waals surface area contributed by atoms with Crippen LogP contribution >= 0.6 is 0 Å². The molecule has 1 fully saturated rings. The smallest absolute Gasteiger partial charge is 0.129 e. The van der Waals surface area contributed by atoms with Crippen molar-refractivity contribution in [3.63, 3.8) is 0 Å². The van der Waals surface area contributed by atoms with Crippen molar-refractivity contribution in [2.45, 2.75) is 31.8 Å². The zero-order valence-electron chi connectivity index (χ0n) is 8.40. The lowest BCUT2D eigenvalue weighted by Gasteiger charge is -2.27. The maximum absolute atomic E-state index is 10.5. The first-order valence-electron chi connectivity index (χ1n) is 5.12. The Kier molecular flexibility index (Phi) is 2.19. The van der Waals surface area contributed by atoms with E-state index in [1.807, 2.05) is 19.1 Å². The molecule has 76 valence electrons. The number of nitrogens with zero attached hydrogens (tertiary/aromatic N) is 1. The highest BCUT2D eigenvalue weighted by Gasteiger charge is 2.44. The van der Waals surface area contributed by atoms with E-state index in [1.165, 1.54) is 0 Å². The van der Waals surface area contributed by atoms with Crippen LogP contribution in [-0.2, 0) is 5.60 Å². The van der Waals surface area contributed by atoms with Crippen LogP contribution in [0.4, 0.5) is 5.82 Å². The Morgan fingerprint density at radius 3 is 2.86 bits per heavy atom. The van der Waals surface area contributed by atoms with E-state index in [1.54, 1.807) is 6.20 Å². The van der Waals surface area contributed by atoms with Crippen LogP contribution in [-0.4, -0.2) is 10.1 Å². The summed E-state index contributed by atoms with van der Waals surface area (Å²) in [6, 6.07) is 3.71. The summed E-state index contributed by atoms with van der Waals surface area (Å²) in [6.45, 7) is 1.99. The van der Waals surface area contributed by atoms with E-state index in [4.69, 9.17) is 5.73 Å². The molecule has 1 aliphatic carbocycles. The maximum Gasteiger partial charge on any atom is 0.129 e. The number of hydrogen-bond acceptors (Lipinski definition) is 3. The van der Waals surface area contributed by atoms with Gasteiger partial charge in [0.1, 0.15) is 5.82 Å². The lowest BCUT2D eigenvalue weighted by Crippen LogP contribution is -2.28. The van der Waals surface area contributed by atoms with Crippen molar-refractivity contribution in [3.8, 4) is 0 Å². The minimum Gasteiger partial charge on any atom is -0.385 e. The van der Waals surface area contributed by atoms with Gasteiger partial charge in [-0.25, -0.2) is 4.98 Å². The molecule has 14 heavy (non-hydrogen) atoms. The van der Waals surface area contributed by atoms with Gasteiger partial charge >= 0.3 is 0 Å². The topological polar surface area (TPSA) is 59.1 Å². The van der Waals surface area contributed by atoms with Crippen LogP contribution in [0.2, 0.25) is 0 Å². The van der Waals surface area contributed by atoms with Crippen LogP contribution in [0.1, 0.15) is 31.7 Å². The quantitative estimate of drug-likeness (QED) is 0.765. The van der Waals surface area contributed by atoms with Crippen LogP contribution in [0.5, 0.6) is 0 Å². The van der Waals surface area contributed by atoms with E-state index < -0.39 is 5.60 Å². The SMILES string of the molecule is CCC(O)(c1cccnc1N)C1CC1.